The average Bonchev–Trinajstić information content (AvgIpc) is 2.32. The molecule has 0 aromatic heterocycles. The van der Waals surface area contributed by atoms with Crippen LogP contribution < -0.4 is 5.32 Å². The van der Waals surface area contributed by atoms with Gasteiger partial charge in [-0.2, -0.15) is 0 Å². The Kier molecular flexibility index (Phi) is 8.64. The van der Waals surface area contributed by atoms with Gasteiger partial charge in [0.2, 0.25) is 5.91 Å². The molecule has 0 aliphatic heterocycles. The predicted octanol–water partition coefficient (Wildman–Crippen LogP) is -0.384. The molecule has 0 saturated heterocycles. The zero-order chi connectivity index (χ0) is 12.4. The lowest BCUT2D eigenvalue weighted by atomic mass is 9.99. The van der Waals surface area contributed by atoms with Gasteiger partial charge in [0, 0.05) is 12.9 Å². The van der Waals surface area contributed by atoms with Gasteiger partial charge in [-0.25, -0.2) is 0 Å². The first-order valence-electron chi connectivity index (χ1n) is 5.23. The Bertz CT molecular complexity index is 189. The number of aliphatic hydroxyl groups excluding tert-OH is 2. The minimum Gasteiger partial charge on any atom is -0.394 e. The number of methoxy groups -OCH3 is 1. The SMILES string of the molecule is CCC(CO)(CO)NC(=O)CSCCOC. The number of thioether (sulfide) groups is 1. The van der Waals surface area contributed by atoms with Crippen molar-refractivity contribution in [3.8, 4) is 0 Å². The number of rotatable bonds is 9. The van der Waals surface area contributed by atoms with E-state index in [0.717, 1.165) is 5.75 Å². The van der Waals surface area contributed by atoms with Crippen LogP contribution in [0.25, 0.3) is 0 Å². The van der Waals surface area contributed by atoms with Gasteiger partial charge < -0.3 is 20.3 Å². The molecular formula is C10H21NO4S. The maximum absolute atomic E-state index is 11.5. The quantitative estimate of drug-likeness (QED) is 0.487. The largest absolute Gasteiger partial charge is 0.394 e. The molecule has 3 N–H and O–H groups in total. The molecule has 1 amide bonds. The van der Waals surface area contributed by atoms with E-state index in [-0.39, 0.29) is 19.1 Å². The molecule has 0 bridgehead atoms. The third-order valence-corrected chi connectivity index (χ3v) is 3.27. The first-order chi connectivity index (χ1) is 7.64. The summed E-state index contributed by atoms with van der Waals surface area (Å²) in [5.41, 5.74) is -0.890. The van der Waals surface area contributed by atoms with Gasteiger partial charge in [0.25, 0.3) is 0 Å². The number of carbonyl (C=O) groups is 1. The molecule has 0 radical (unpaired) electrons. The summed E-state index contributed by atoms with van der Waals surface area (Å²) >= 11 is 1.46. The second-order valence-corrected chi connectivity index (χ2v) is 4.65. The van der Waals surface area contributed by atoms with Gasteiger partial charge in [-0.1, -0.05) is 6.92 Å². The summed E-state index contributed by atoms with van der Waals surface area (Å²) in [6.45, 7) is 1.91. The Morgan fingerprint density at radius 3 is 2.50 bits per heavy atom. The Morgan fingerprint density at radius 1 is 1.44 bits per heavy atom. The fourth-order valence-electron chi connectivity index (χ4n) is 1.08. The number of hydrogen-bond donors (Lipinski definition) is 3. The topological polar surface area (TPSA) is 78.8 Å². The van der Waals surface area contributed by atoms with Crippen LogP contribution in [0.15, 0.2) is 0 Å². The minimum atomic E-state index is -0.890. The molecule has 0 unspecified atom stereocenters. The molecule has 0 spiro atoms. The standard InChI is InChI=1S/C10H21NO4S/c1-3-10(7-12,8-13)11-9(14)6-16-5-4-15-2/h12-13H,3-8H2,1-2H3,(H,11,14). The molecule has 16 heavy (non-hydrogen) atoms. The van der Waals surface area contributed by atoms with Gasteiger partial charge >= 0.3 is 0 Å². The monoisotopic (exact) mass is 251 g/mol. The molecule has 0 heterocycles. The van der Waals surface area contributed by atoms with Crippen LogP contribution in [0.1, 0.15) is 13.3 Å². The molecule has 0 aliphatic rings. The summed E-state index contributed by atoms with van der Waals surface area (Å²) in [4.78, 5) is 11.5. The molecule has 6 heteroatoms. The molecule has 0 atom stereocenters. The highest BCUT2D eigenvalue weighted by Crippen LogP contribution is 2.09. The van der Waals surface area contributed by atoms with Crippen molar-refractivity contribution in [2.45, 2.75) is 18.9 Å². The molecule has 0 rings (SSSR count). The highest BCUT2D eigenvalue weighted by molar-refractivity contribution is 7.99. The smallest absolute Gasteiger partial charge is 0.230 e. The maximum atomic E-state index is 11.5. The summed E-state index contributed by atoms with van der Waals surface area (Å²) in [5, 5.41) is 20.9. The number of carbonyl (C=O) groups excluding carboxylic acids is 1. The molecule has 5 nitrogen and oxygen atoms in total. The first kappa shape index (κ1) is 15.7. The summed E-state index contributed by atoms with van der Waals surface area (Å²) in [6.07, 6.45) is 0.495. The van der Waals surface area contributed by atoms with E-state index in [1.807, 2.05) is 6.92 Å². The Labute approximate surface area is 101 Å². The van der Waals surface area contributed by atoms with Crippen LogP contribution in [0.5, 0.6) is 0 Å². The Hall–Kier alpha value is -0.300. The van der Waals surface area contributed by atoms with Crippen LogP contribution in [-0.4, -0.2) is 60.1 Å². The van der Waals surface area contributed by atoms with Crippen molar-refractivity contribution in [3.05, 3.63) is 0 Å². The average molecular weight is 251 g/mol. The molecule has 0 aromatic carbocycles. The summed E-state index contributed by atoms with van der Waals surface area (Å²) in [7, 11) is 1.61. The molecular weight excluding hydrogens is 230 g/mol. The number of amides is 1. The molecule has 0 fully saturated rings. The van der Waals surface area contributed by atoms with Gasteiger partial charge in [0.05, 0.1) is 31.1 Å². The Balaban J connectivity index is 3.91. The summed E-state index contributed by atoms with van der Waals surface area (Å²) in [5.74, 6) is 0.887. The number of aliphatic hydroxyl groups is 2. The van der Waals surface area contributed by atoms with Crippen LogP contribution in [0.3, 0.4) is 0 Å². The van der Waals surface area contributed by atoms with E-state index >= 15 is 0 Å². The van der Waals surface area contributed by atoms with Gasteiger partial charge in [0.1, 0.15) is 0 Å². The first-order valence-corrected chi connectivity index (χ1v) is 6.39. The van der Waals surface area contributed by atoms with E-state index in [1.165, 1.54) is 11.8 Å². The van der Waals surface area contributed by atoms with Gasteiger partial charge in [-0.05, 0) is 6.42 Å². The minimum absolute atomic E-state index is 0.175. The van der Waals surface area contributed by atoms with Crippen LogP contribution in [0.2, 0.25) is 0 Å². The molecule has 0 saturated carbocycles. The second kappa shape index (κ2) is 8.81. The van der Waals surface area contributed by atoms with E-state index in [9.17, 15) is 4.79 Å². The lowest BCUT2D eigenvalue weighted by Crippen LogP contribution is -2.54. The number of hydrogen-bond acceptors (Lipinski definition) is 5. The lowest BCUT2D eigenvalue weighted by Gasteiger charge is -2.29. The van der Waals surface area contributed by atoms with Gasteiger partial charge in [0.15, 0.2) is 0 Å². The molecule has 0 aromatic rings. The zero-order valence-corrected chi connectivity index (χ0v) is 10.7. The highest BCUT2D eigenvalue weighted by Gasteiger charge is 2.28. The fourth-order valence-corrected chi connectivity index (χ4v) is 1.77. The van der Waals surface area contributed by atoms with E-state index < -0.39 is 5.54 Å². The third kappa shape index (κ3) is 5.69. The van der Waals surface area contributed by atoms with Crippen LogP contribution in [0.4, 0.5) is 0 Å². The lowest BCUT2D eigenvalue weighted by molar-refractivity contribution is -0.121. The van der Waals surface area contributed by atoms with Crippen LogP contribution in [0, 0.1) is 0 Å². The third-order valence-electron chi connectivity index (χ3n) is 2.35. The van der Waals surface area contributed by atoms with Crippen molar-refractivity contribution in [1.82, 2.24) is 5.32 Å². The van der Waals surface area contributed by atoms with Gasteiger partial charge in [-0.15, -0.1) is 11.8 Å². The molecule has 96 valence electrons. The highest BCUT2D eigenvalue weighted by atomic mass is 32.2. The van der Waals surface area contributed by atoms with Crippen molar-refractivity contribution in [3.63, 3.8) is 0 Å². The number of ether oxygens (including phenoxy) is 1. The van der Waals surface area contributed by atoms with Crippen molar-refractivity contribution in [2.75, 3.05) is 38.4 Å². The Morgan fingerprint density at radius 2 is 2.06 bits per heavy atom. The fraction of sp³-hybridized carbons (Fsp3) is 0.900. The normalized spacial score (nSPS) is 11.5. The van der Waals surface area contributed by atoms with Crippen LogP contribution in [-0.2, 0) is 9.53 Å². The van der Waals surface area contributed by atoms with Gasteiger partial charge in [-0.3, -0.25) is 4.79 Å². The van der Waals surface area contributed by atoms with E-state index in [2.05, 4.69) is 5.32 Å². The van der Waals surface area contributed by atoms with Crippen molar-refractivity contribution >= 4 is 17.7 Å². The zero-order valence-electron chi connectivity index (χ0n) is 9.86. The van der Waals surface area contributed by atoms with Crippen molar-refractivity contribution in [1.29, 1.82) is 0 Å². The summed E-state index contributed by atoms with van der Waals surface area (Å²) < 4.78 is 4.86. The maximum Gasteiger partial charge on any atom is 0.230 e. The predicted molar refractivity (Wildman–Crippen MR) is 64.5 cm³/mol. The summed E-state index contributed by atoms with van der Waals surface area (Å²) in [6, 6.07) is 0. The van der Waals surface area contributed by atoms with Crippen molar-refractivity contribution in [2.24, 2.45) is 0 Å². The van der Waals surface area contributed by atoms with Crippen LogP contribution >= 0.6 is 11.8 Å². The van der Waals surface area contributed by atoms with Crippen molar-refractivity contribution < 1.29 is 19.7 Å². The second-order valence-electron chi connectivity index (χ2n) is 3.54. The van der Waals surface area contributed by atoms with E-state index in [4.69, 9.17) is 14.9 Å². The molecule has 0 aliphatic carbocycles. The van der Waals surface area contributed by atoms with E-state index in [1.54, 1.807) is 7.11 Å². The van der Waals surface area contributed by atoms with E-state index in [0.29, 0.717) is 18.8 Å². The number of nitrogens with one attached hydrogen (secondary N) is 1.